The van der Waals surface area contributed by atoms with Crippen LogP contribution in [0.3, 0.4) is 0 Å². The zero-order valence-corrected chi connectivity index (χ0v) is 12.8. The maximum absolute atomic E-state index is 12.7. The van der Waals surface area contributed by atoms with E-state index < -0.39 is 11.7 Å². The molecule has 0 spiro atoms. The molecule has 6 heteroatoms. The molecule has 1 heterocycles. The summed E-state index contributed by atoms with van der Waals surface area (Å²) in [7, 11) is 2.04. The first-order chi connectivity index (χ1) is 10.3. The molecule has 0 bridgehead atoms. The first-order valence-corrected chi connectivity index (χ1v) is 7.40. The fraction of sp³-hybridized carbons (Fsp3) is 0.562. The smallest absolute Gasteiger partial charge is 0.353 e. The molecule has 1 aromatic rings. The predicted octanol–water partition coefficient (Wildman–Crippen LogP) is 2.70. The lowest BCUT2D eigenvalue weighted by molar-refractivity contribution is -0.137. The van der Waals surface area contributed by atoms with Gasteiger partial charge in [-0.1, -0.05) is 25.1 Å². The number of benzene rings is 1. The SMILES string of the molecule is C[C@@H]1CN(C)CC[C@H]1NC(=O)Cc1cccc(C(F)(F)F)c1. The Morgan fingerprint density at radius 3 is 2.77 bits per heavy atom. The Hall–Kier alpha value is -1.56. The van der Waals surface area contributed by atoms with Gasteiger partial charge in [0.2, 0.25) is 5.91 Å². The number of alkyl halides is 3. The minimum Gasteiger partial charge on any atom is -0.353 e. The van der Waals surface area contributed by atoms with Crippen LogP contribution in [0.5, 0.6) is 0 Å². The van der Waals surface area contributed by atoms with Crippen molar-refractivity contribution in [3.05, 3.63) is 35.4 Å². The van der Waals surface area contributed by atoms with Gasteiger partial charge in [-0.3, -0.25) is 4.79 Å². The van der Waals surface area contributed by atoms with Gasteiger partial charge in [-0.15, -0.1) is 0 Å². The van der Waals surface area contributed by atoms with Crippen LogP contribution in [0.4, 0.5) is 13.2 Å². The van der Waals surface area contributed by atoms with Crippen molar-refractivity contribution in [3.63, 3.8) is 0 Å². The lowest BCUT2D eigenvalue weighted by atomic mass is 9.94. The molecule has 122 valence electrons. The van der Waals surface area contributed by atoms with Crippen molar-refractivity contribution >= 4 is 5.91 Å². The number of carbonyl (C=O) groups excluding carboxylic acids is 1. The van der Waals surface area contributed by atoms with Crippen molar-refractivity contribution in [1.82, 2.24) is 10.2 Å². The van der Waals surface area contributed by atoms with E-state index in [1.165, 1.54) is 6.07 Å². The van der Waals surface area contributed by atoms with Crippen molar-refractivity contribution in [2.75, 3.05) is 20.1 Å². The van der Waals surface area contributed by atoms with Crippen molar-refractivity contribution in [3.8, 4) is 0 Å². The molecule has 3 nitrogen and oxygen atoms in total. The summed E-state index contributed by atoms with van der Waals surface area (Å²) in [5.41, 5.74) is -0.335. The normalized spacial score (nSPS) is 23.3. The summed E-state index contributed by atoms with van der Waals surface area (Å²) >= 11 is 0. The van der Waals surface area contributed by atoms with E-state index >= 15 is 0 Å². The van der Waals surface area contributed by atoms with Crippen LogP contribution in [0.1, 0.15) is 24.5 Å². The predicted molar refractivity (Wildman–Crippen MR) is 78.4 cm³/mol. The van der Waals surface area contributed by atoms with E-state index in [9.17, 15) is 18.0 Å². The highest BCUT2D eigenvalue weighted by Crippen LogP contribution is 2.29. The first kappa shape index (κ1) is 16.8. The maximum Gasteiger partial charge on any atom is 0.416 e. The number of amides is 1. The van der Waals surface area contributed by atoms with Gasteiger partial charge < -0.3 is 10.2 Å². The molecule has 1 aromatic carbocycles. The Labute approximate surface area is 128 Å². The van der Waals surface area contributed by atoms with Gasteiger partial charge in [-0.05, 0) is 37.6 Å². The highest BCUT2D eigenvalue weighted by molar-refractivity contribution is 5.79. The zero-order valence-electron chi connectivity index (χ0n) is 12.8. The van der Waals surface area contributed by atoms with E-state index in [0.29, 0.717) is 11.5 Å². The number of likely N-dealkylation sites (tertiary alicyclic amines) is 1. The second kappa shape index (κ2) is 6.69. The monoisotopic (exact) mass is 314 g/mol. The average molecular weight is 314 g/mol. The van der Waals surface area contributed by atoms with Gasteiger partial charge in [-0.2, -0.15) is 13.2 Å². The summed E-state index contributed by atoms with van der Waals surface area (Å²) < 4.78 is 38.0. The van der Waals surface area contributed by atoms with Crippen molar-refractivity contribution < 1.29 is 18.0 Å². The Kier molecular flexibility index (Phi) is 5.11. The summed E-state index contributed by atoms with van der Waals surface area (Å²) in [6.45, 7) is 3.90. The van der Waals surface area contributed by atoms with Crippen molar-refractivity contribution in [2.45, 2.75) is 32.0 Å². The third-order valence-electron chi connectivity index (χ3n) is 4.07. The van der Waals surface area contributed by atoms with Crippen LogP contribution in [0.2, 0.25) is 0 Å². The van der Waals surface area contributed by atoms with Crippen LogP contribution in [0.25, 0.3) is 0 Å². The fourth-order valence-electron chi connectivity index (χ4n) is 2.87. The molecule has 1 saturated heterocycles. The maximum atomic E-state index is 12.7. The lowest BCUT2D eigenvalue weighted by Gasteiger charge is -2.35. The third kappa shape index (κ3) is 4.47. The zero-order chi connectivity index (χ0) is 16.3. The molecule has 0 saturated carbocycles. The number of rotatable bonds is 3. The highest BCUT2D eigenvalue weighted by Gasteiger charge is 2.30. The van der Waals surface area contributed by atoms with Crippen molar-refractivity contribution in [1.29, 1.82) is 0 Å². The van der Waals surface area contributed by atoms with Crippen LogP contribution in [0, 0.1) is 5.92 Å². The molecule has 22 heavy (non-hydrogen) atoms. The molecule has 1 fully saturated rings. The number of nitrogens with zero attached hydrogens (tertiary/aromatic N) is 1. The molecule has 1 N–H and O–H groups in total. The number of halogens is 3. The summed E-state index contributed by atoms with van der Waals surface area (Å²) in [6.07, 6.45) is -3.54. The molecule has 1 amide bonds. The number of hydrogen-bond acceptors (Lipinski definition) is 2. The number of nitrogens with one attached hydrogen (secondary N) is 1. The van der Waals surface area contributed by atoms with E-state index in [2.05, 4.69) is 17.1 Å². The molecule has 0 unspecified atom stereocenters. The number of hydrogen-bond donors (Lipinski definition) is 1. The molecule has 2 rings (SSSR count). The Balaban J connectivity index is 1.95. The largest absolute Gasteiger partial charge is 0.416 e. The number of piperidine rings is 1. The molecule has 0 aromatic heterocycles. The van der Waals surface area contributed by atoms with Gasteiger partial charge in [0.05, 0.1) is 12.0 Å². The minimum atomic E-state index is -4.38. The van der Waals surface area contributed by atoms with Crippen LogP contribution < -0.4 is 5.32 Å². The standard InChI is InChI=1S/C16H21F3N2O/c1-11-10-21(2)7-6-14(11)20-15(22)9-12-4-3-5-13(8-12)16(17,18)19/h3-5,8,11,14H,6-7,9-10H2,1-2H3,(H,20,22)/t11-,14-/m1/s1. The van der Waals surface area contributed by atoms with E-state index in [-0.39, 0.29) is 18.4 Å². The van der Waals surface area contributed by atoms with Crippen LogP contribution in [-0.4, -0.2) is 37.0 Å². The van der Waals surface area contributed by atoms with Crippen molar-refractivity contribution in [2.24, 2.45) is 5.92 Å². The third-order valence-corrected chi connectivity index (χ3v) is 4.07. The van der Waals surface area contributed by atoms with Gasteiger partial charge in [0.15, 0.2) is 0 Å². The number of carbonyl (C=O) groups is 1. The second-order valence-corrected chi connectivity index (χ2v) is 6.08. The van der Waals surface area contributed by atoms with Gasteiger partial charge in [-0.25, -0.2) is 0 Å². The second-order valence-electron chi connectivity index (χ2n) is 6.08. The van der Waals surface area contributed by atoms with Crippen LogP contribution in [-0.2, 0) is 17.4 Å². The molecular formula is C16H21F3N2O. The van der Waals surface area contributed by atoms with E-state index in [0.717, 1.165) is 31.6 Å². The highest BCUT2D eigenvalue weighted by atomic mass is 19.4. The van der Waals surface area contributed by atoms with Gasteiger partial charge in [0.1, 0.15) is 0 Å². The Morgan fingerprint density at radius 1 is 1.41 bits per heavy atom. The van der Waals surface area contributed by atoms with Gasteiger partial charge >= 0.3 is 6.18 Å². The molecule has 0 radical (unpaired) electrons. The molecule has 1 aliphatic rings. The van der Waals surface area contributed by atoms with Crippen LogP contribution >= 0.6 is 0 Å². The molecule has 1 aliphatic heterocycles. The fourth-order valence-corrected chi connectivity index (χ4v) is 2.87. The van der Waals surface area contributed by atoms with E-state index in [1.54, 1.807) is 6.07 Å². The summed E-state index contributed by atoms with van der Waals surface area (Å²) in [5, 5.41) is 2.95. The quantitative estimate of drug-likeness (QED) is 0.930. The Morgan fingerprint density at radius 2 is 2.14 bits per heavy atom. The lowest BCUT2D eigenvalue weighted by Crippen LogP contribution is -2.49. The molecule has 0 aliphatic carbocycles. The topological polar surface area (TPSA) is 32.3 Å². The van der Waals surface area contributed by atoms with E-state index in [4.69, 9.17) is 0 Å². The summed E-state index contributed by atoms with van der Waals surface area (Å²) in [6, 6.07) is 5.03. The first-order valence-electron chi connectivity index (χ1n) is 7.40. The van der Waals surface area contributed by atoms with E-state index in [1.807, 2.05) is 7.05 Å². The Bertz CT molecular complexity index is 530. The van der Waals surface area contributed by atoms with Crippen LogP contribution in [0.15, 0.2) is 24.3 Å². The van der Waals surface area contributed by atoms with Gasteiger partial charge in [0, 0.05) is 12.6 Å². The average Bonchev–Trinajstić information content (AvgIpc) is 2.41. The summed E-state index contributed by atoms with van der Waals surface area (Å²) in [4.78, 5) is 14.3. The minimum absolute atomic E-state index is 0.0248. The molecular weight excluding hydrogens is 293 g/mol. The summed E-state index contributed by atoms with van der Waals surface area (Å²) in [5.74, 6) is 0.116. The van der Waals surface area contributed by atoms with Gasteiger partial charge in [0.25, 0.3) is 0 Å². The molecule has 2 atom stereocenters.